The van der Waals surface area contributed by atoms with Gasteiger partial charge in [-0.2, -0.15) is 0 Å². The number of aryl methyl sites for hydroxylation is 1. The molecule has 4 heteroatoms. The molecule has 2 rings (SSSR count). The predicted molar refractivity (Wildman–Crippen MR) is 61.1 cm³/mol. The van der Waals surface area contributed by atoms with Gasteiger partial charge < -0.3 is 4.98 Å². The Labute approximate surface area is 92.3 Å². The van der Waals surface area contributed by atoms with Crippen LogP contribution in [0.4, 0.5) is 4.39 Å². The molecule has 0 unspecified atom stereocenters. The Morgan fingerprint density at radius 1 is 1.38 bits per heavy atom. The van der Waals surface area contributed by atoms with Gasteiger partial charge in [-0.05, 0) is 18.6 Å². The summed E-state index contributed by atoms with van der Waals surface area (Å²) in [4.78, 5) is 18.7. The second-order valence-corrected chi connectivity index (χ2v) is 4.22. The standard InChI is InChI=1S/C12H13FN2O/c1-6(2)11-14-10-5-9(13)7(3)4-8(10)12(16)15-11/h4-6H,1-3H3,(H,14,15,16). The minimum atomic E-state index is -0.333. The van der Waals surface area contributed by atoms with E-state index in [1.807, 2.05) is 13.8 Å². The molecule has 1 aromatic carbocycles. The smallest absolute Gasteiger partial charge is 0.258 e. The fraction of sp³-hybridized carbons (Fsp3) is 0.333. The second kappa shape index (κ2) is 3.70. The summed E-state index contributed by atoms with van der Waals surface area (Å²) in [6.07, 6.45) is 0. The maximum absolute atomic E-state index is 13.4. The van der Waals surface area contributed by atoms with Crippen LogP contribution in [0, 0.1) is 12.7 Å². The van der Waals surface area contributed by atoms with E-state index in [4.69, 9.17) is 0 Å². The number of hydrogen-bond donors (Lipinski definition) is 1. The summed E-state index contributed by atoms with van der Waals surface area (Å²) in [6, 6.07) is 2.84. The van der Waals surface area contributed by atoms with Crippen molar-refractivity contribution in [1.82, 2.24) is 9.97 Å². The quantitative estimate of drug-likeness (QED) is 0.802. The van der Waals surface area contributed by atoms with Gasteiger partial charge in [0, 0.05) is 12.0 Å². The SMILES string of the molecule is Cc1cc2c(=O)[nH]c(C(C)C)nc2cc1F. The fourth-order valence-electron chi connectivity index (χ4n) is 1.56. The Bertz CT molecular complexity index is 602. The predicted octanol–water partition coefficient (Wildman–Crippen LogP) is 2.49. The van der Waals surface area contributed by atoms with Gasteiger partial charge in [0.1, 0.15) is 11.6 Å². The lowest BCUT2D eigenvalue weighted by Gasteiger charge is -2.06. The van der Waals surface area contributed by atoms with E-state index in [9.17, 15) is 9.18 Å². The normalized spacial score (nSPS) is 11.3. The summed E-state index contributed by atoms with van der Waals surface area (Å²) in [5.74, 6) is 0.363. The first-order chi connectivity index (χ1) is 7.49. The molecule has 0 radical (unpaired) electrons. The van der Waals surface area contributed by atoms with E-state index in [2.05, 4.69) is 9.97 Å². The molecule has 0 aliphatic carbocycles. The molecule has 0 saturated heterocycles. The Balaban J connectivity index is 2.82. The van der Waals surface area contributed by atoms with Crippen LogP contribution >= 0.6 is 0 Å². The summed E-state index contributed by atoms with van der Waals surface area (Å²) in [7, 11) is 0. The summed E-state index contributed by atoms with van der Waals surface area (Å²) < 4.78 is 13.4. The Morgan fingerprint density at radius 2 is 2.06 bits per heavy atom. The molecule has 0 amide bonds. The molecule has 0 saturated carbocycles. The first kappa shape index (κ1) is 10.8. The van der Waals surface area contributed by atoms with E-state index in [-0.39, 0.29) is 17.3 Å². The van der Waals surface area contributed by atoms with Crippen LogP contribution in [0.25, 0.3) is 10.9 Å². The average Bonchev–Trinajstić information content (AvgIpc) is 2.20. The molecule has 0 fully saturated rings. The van der Waals surface area contributed by atoms with Crippen LogP contribution in [0.2, 0.25) is 0 Å². The molecule has 0 aliphatic heterocycles. The summed E-state index contributed by atoms with van der Waals surface area (Å²) in [5.41, 5.74) is 0.657. The molecule has 0 aliphatic rings. The van der Waals surface area contributed by atoms with Gasteiger partial charge in [0.05, 0.1) is 10.9 Å². The highest BCUT2D eigenvalue weighted by atomic mass is 19.1. The first-order valence-electron chi connectivity index (χ1n) is 5.19. The van der Waals surface area contributed by atoms with Crippen LogP contribution in [-0.2, 0) is 0 Å². The number of halogens is 1. The highest BCUT2D eigenvalue weighted by molar-refractivity contribution is 5.78. The maximum atomic E-state index is 13.4. The number of aromatic nitrogens is 2. The van der Waals surface area contributed by atoms with Crippen molar-refractivity contribution in [1.29, 1.82) is 0 Å². The largest absolute Gasteiger partial charge is 0.310 e. The number of H-pyrrole nitrogens is 1. The maximum Gasteiger partial charge on any atom is 0.258 e. The number of benzene rings is 1. The van der Waals surface area contributed by atoms with Crippen LogP contribution in [0.5, 0.6) is 0 Å². The van der Waals surface area contributed by atoms with E-state index in [0.717, 1.165) is 0 Å². The van der Waals surface area contributed by atoms with E-state index >= 15 is 0 Å². The number of aromatic amines is 1. The molecule has 0 spiro atoms. The Hall–Kier alpha value is -1.71. The minimum Gasteiger partial charge on any atom is -0.310 e. The molecule has 1 N–H and O–H groups in total. The van der Waals surface area contributed by atoms with Crippen LogP contribution in [-0.4, -0.2) is 9.97 Å². The van der Waals surface area contributed by atoms with Gasteiger partial charge >= 0.3 is 0 Å². The van der Waals surface area contributed by atoms with Crippen molar-refractivity contribution in [3.63, 3.8) is 0 Å². The van der Waals surface area contributed by atoms with Gasteiger partial charge in [-0.15, -0.1) is 0 Å². The molecule has 2 aromatic rings. The van der Waals surface area contributed by atoms with Crippen molar-refractivity contribution < 1.29 is 4.39 Å². The molecular weight excluding hydrogens is 207 g/mol. The summed E-state index contributed by atoms with van der Waals surface area (Å²) >= 11 is 0. The van der Waals surface area contributed by atoms with Crippen molar-refractivity contribution in [2.45, 2.75) is 26.7 Å². The lowest BCUT2D eigenvalue weighted by molar-refractivity contribution is 0.620. The van der Waals surface area contributed by atoms with Gasteiger partial charge in [0.25, 0.3) is 5.56 Å². The molecule has 3 nitrogen and oxygen atoms in total. The van der Waals surface area contributed by atoms with E-state index in [0.29, 0.717) is 22.3 Å². The van der Waals surface area contributed by atoms with E-state index in [1.54, 1.807) is 6.92 Å². The summed E-state index contributed by atoms with van der Waals surface area (Å²) in [6.45, 7) is 5.48. The Morgan fingerprint density at radius 3 is 2.69 bits per heavy atom. The minimum absolute atomic E-state index is 0.112. The molecular formula is C12H13FN2O. The van der Waals surface area contributed by atoms with E-state index in [1.165, 1.54) is 12.1 Å². The molecule has 1 heterocycles. The molecule has 0 atom stereocenters. The third-order valence-electron chi connectivity index (χ3n) is 2.55. The topological polar surface area (TPSA) is 45.8 Å². The zero-order valence-corrected chi connectivity index (χ0v) is 9.47. The number of nitrogens with zero attached hydrogens (tertiary/aromatic N) is 1. The van der Waals surface area contributed by atoms with Crippen LogP contribution < -0.4 is 5.56 Å². The lowest BCUT2D eigenvalue weighted by atomic mass is 10.1. The van der Waals surface area contributed by atoms with Crippen molar-refractivity contribution in [3.8, 4) is 0 Å². The van der Waals surface area contributed by atoms with Crippen molar-refractivity contribution in [2.75, 3.05) is 0 Å². The second-order valence-electron chi connectivity index (χ2n) is 4.22. The monoisotopic (exact) mass is 220 g/mol. The van der Waals surface area contributed by atoms with Crippen molar-refractivity contribution in [2.24, 2.45) is 0 Å². The molecule has 84 valence electrons. The van der Waals surface area contributed by atoms with Crippen molar-refractivity contribution >= 4 is 10.9 Å². The number of rotatable bonds is 1. The van der Waals surface area contributed by atoms with Gasteiger partial charge in [0.15, 0.2) is 0 Å². The van der Waals surface area contributed by atoms with Crippen LogP contribution in [0.3, 0.4) is 0 Å². The molecule has 16 heavy (non-hydrogen) atoms. The highest BCUT2D eigenvalue weighted by Crippen LogP contribution is 2.16. The first-order valence-corrected chi connectivity index (χ1v) is 5.19. The number of nitrogens with one attached hydrogen (secondary N) is 1. The van der Waals surface area contributed by atoms with E-state index < -0.39 is 0 Å². The van der Waals surface area contributed by atoms with Gasteiger partial charge in [-0.1, -0.05) is 13.8 Å². The number of hydrogen-bond acceptors (Lipinski definition) is 2. The van der Waals surface area contributed by atoms with Gasteiger partial charge in [0.2, 0.25) is 0 Å². The molecule has 0 bridgehead atoms. The summed E-state index contributed by atoms with van der Waals surface area (Å²) in [5, 5.41) is 0.434. The zero-order valence-electron chi connectivity index (χ0n) is 9.47. The van der Waals surface area contributed by atoms with Gasteiger partial charge in [-0.25, -0.2) is 9.37 Å². The zero-order chi connectivity index (χ0) is 11.9. The fourth-order valence-corrected chi connectivity index (χ4v) is 1.56. The highest BCUT2D eigenvalue weighted by Gasteiger charge is 2.09. The average molecular weight is 220 g/mol. The lowest BCUT2D eigenvalue weighted by Crippen LogP contribution is -2.13. The van der Waals surface area contributed by atoms with Crippen LogP contribution in [0.1, 0.15) is 31.2 Å². The third kappa shape index (κ3) is 1.71. The molecule has 1 aromatic heterocycles. The van der Waals surface area contributed by atoms with Crippen molar-refractivity contribution in [3.05, 3.63) is 39.7 Å². The Kier molecular flexibility index (Phi) is 2.50. The van der Waals surface area contributed by atoms with Crippen LogP contribution in [0.15, 0.2) is 16.9 Å². The third-order valence-corrected chi connectivity index (χ3v) is 2.55. The van der Waals surface area contributed by atoms with Gasteiger partial charge in [-0.3, -0.25) is 4.79 Å². The number of fused-ring (bicyclic) bond motifs is 1.